The van der Waals surface area contributed by atoms with Crippen molar-refractivity contribution in [3.63, 3.8) is 0 Å². The van der Waals surface area contributed by atoms with Crippen molar-refractivity contribution in [2.45, 2.75) is 38.6 Å². The van der Waals surface area contributed by atoms with Gasteiger partial charge >= 0.3 is 0 Å². The van der Waals surface area contributed by atoms with E-state index in [0.717, 1.165) is 30.2 Å². The molecule has 1 aromatic rings. The van der Waals surface area contributed by atoms with Gasteiger partial charge in [0.25, 0.3) is 0 Å². The molecule has 2 rings (SSSR count). The van der Waals surface area contributed by atoms with Gasteiger partial charge in [-0.2, -0.15) is 0 Å². The predicted molar refractivity (Wildman–Crippen MR) is 72.0 cm³/mol. The van der Waals surface area contributed by atoms with Crippen LogP contribution in [0.2, 0.25) is 5.02 Å². The minimum absolute atomic E-state index is 0.375. The van der Waals surface area contributed by atoms with E-state index in [1.165, 1.54) is 24.0 Å². The smallest absolute Gasteiger partial charge is 0.122 e. The Labute approximate surface area is 108 Å². The third-order valence-corrected chi connectivity index (χ3v) is 3.78. The molecule has 1 N–H and O–H groups in total. The fourth-order valence-electron chi connectivity index (χ4n) is 2.69. The Balaban J connectivity index is 2.47. The van der Waals surface area contributed by atoms with Crippen LogP contribution in [0.5, 0.6) is 5.75 Å². The number of halogens is 1. The number of nitrogens with one attached hydrogen (secondary N) is 1. The minimum atomic E-state index is 0.375. The lowest BCUT2D eigenvalue weighted by Crippen LogP contribution is -2.21. The van der Waals surface area contributed by atoms with Crippen LogP contribution in [0.3, 0.4) is 0 Å². The van der Waals surface area contributed by atoms with Gasteiger partial charge in [0.2, 0.25) is 0 Å². The highest BCUT2D eigenvalue weighted by atomic mass is 35.5. The summed E-state index contributed by atoms with van der Waals surface area (Å²) in [5.74, 6) is 0.981. The molecule has 0 spiro atoms. The Bertz CT molecular complexity index is 392. The van der Waals surface area contributed by atoms with E-state index in [1.54, 1.807) is 7.11 Å². The van der Waals surface area contributed by atoms with Crippen molar-refractivity contribution in [3.8, 4) is 5.75 Å². The van der Waals surface area contributed by atoms with Crippen molar-refractivity contribution < 1.29 is 4.74 Å². The van der Waals surface area contributed by atoms with Crippen molar-refractivity contribution in [3.05, 3.63) is 28.3 Å². The van der Waals surface area contributed by atoms with Crippen molar-refractivity contribution in [1.29, 1.82) is 0 Å². The molecule has 0 heterocycles. The Hall–Kier alpha value is -0.730. The summed E-state index contributed by atoms with van der Waals surface area (Å²) in [5, 5.41) is 4.40. The van der Waals surface area contributed by atoms with Crippen LogP contribution in [0, 0.1) is 0 Å². The van der Waals surface area contributed by atoms with Gasteiger partial charge in [-0.1, -0.05) is 24.9 Å². The normalized spacial score (nSPS) is 19.6. The lowest BCUT2D eigenvalue weighted by atomic mass is 9.98. The molecule has 17 heavy (non-hydrogen) atoms. The molecule has 0 radical (unpaired) electrons. The number of hydrogen-bond donors (Lipinski definition) is 1. The van der Waals surface area contributed by atoms with Gasteiger partial charge in [-0.25, -0.2) is 0 Å². The number of methoxy groups -OCH3 is 1. The van der Waals surface area contributed by atoms with Crippen LogP contribution < -0.4 is 10.1 Å². The molecule has 1 aliphatic carbocycles. The third kappa shape index (κ3) is 2.58. The Morgan fingerprint density at radius 3 is 2.94 bits per heavy atom. The number of hydrogen-bond acceptors (Lipinski definition) is 2. The molecule has 0 amide bonds. The van der Waals surface area contributed by atoms with E-state index in [4.69, 9.17) is 16.3 Å². The molecule has 1 aliphatic rings. The van der Waals surface area contributed by atoms with Gasteiger partial charge in [-0.15, -0.1) is 0 Å². The van der Waals surface area contributed by atoms with E-state index in [1.807, 2.05) is 12.1 Å². The van der Waals surface area contributed by atoms with Gasteiger partial charge in [-0.3, -0.25) is 0 Å². The summed E-state index contributed by atoms with van der Waals surface area (Å²) in [7, 11) is 1.73. The van der Waals surface area contributed by atoms with Crippen LogP contribution in [0.25, 0.3) is 0 Å². The number of ether oxygens (including phenoxy) is 1. The Kier molecular flexibility index (Phi) is 4.30. The molecule has 0 fully saturated rings. The van der Waals surface area contributed by atoms with Crippen LogP contribution in [-0.4, -0.2) is 13.7 Å². The summed E-state index contributed by atoms with van der Waals surface area (Å²) in [6.45, 7) is 3.11. The van der Waals surface area contributed by atoms with Crippen molar-refractivity contribution in [2.24, 2.45) is 0 Å². The SMILES string of the molecule is CCNC1CCCCc2c(OC)ccc(Cl)c21. The van der Waals surface area contributed by atoms with Crippen molar-refractivity contribution >= 4 is 11.6 Å². The molecule has 1 atom stereocenters. The third-order valence-electron chi connectivity index (χ3n) is 3.45. The highest BCUT2D eigenvalue weighted by Gasteiger charge is 2.23. The van der Waals surface area contributed by atoms with E-state index in [0.29, 0.717) is 6.04 Å². The lowest BCUT2D eigenvalue weighted by molar-refractivity contribution is 0.408. The van der Waals surface area contributed by atoms with Crippen molar-refractivity contribution in [2.75, 3.05) is 13.7 Å². The standard InChI is InChI=1S/C14H20ClNO/c1-3-16-12-7-5-4-6-10-13(17-2)9-8-11(15)14(10)12/h8-9,12,16H,3-7H2,1-2H3. The summed E-state index contributed by atoms with van der Waals surface area (Å²) in [4.78, 5) is 0. The van der Waals surface area contributed by atoms with Gasteiger partial charge < -0.3 is 10.1 Å². The topological polar surface area (TPSA) is 21.3 Å². The maximum Gasteiger partial charge on any atom is 0.122 e. The molecule has 0 saturated heterocycles. The minimum Gasteiger partial charge on any atom is -0.496 e. The van der Waals surface area contributed by atoms with Crippen LogP contribution >= 0.6 is 11.6 Å². The quantitative estimate of drug-likeness (QED) is 0.829. The van der Waals surface area contributed by atoms with Crippen LogP contribution in [0.4, 0.5) is 0 Å². The van der Waals surface area contributed by atoms with Gasteiger partial charge in [0.05, 0.1) is 7.11 Å². The zero-order valence-corrected chi connectivity index (χ0v) is 11.3. The average molecular weight is 254 g/mol. The maximum atomic E-state index is 6.38. The molecule has 1 unspecified atom stereocenters. The molecular formula is C14H20ClNO. The zero-order chi connectivity index (χ0) is 12.3. The first kappa shape index (κ1) is 12.7. The molecule has 2 nitrogen and oxygen atoms in total. The molecule has 0 saturated carbocycles. The van der Waals surface area contributed by atoms with E-state index in [9.17, 15) is 0 Å². The highest BCUT2D eigenvalue weighted by Crippen LogP contribution is 2.38. The van der Waals surface area contributed by atoms with Crippen LogP contribution in [-0.2, 0) is 6.42 Å². The van der Waals surface area contributed by atoms with Gasteiger partial charge in [0.1, 0.15) is 5.75 Å². The monoisotopic (exact) mass is 253 g/mol. The first-order valence-electron chi connectivity index (χ1n) is 6.36. The fraction of sp³-hybridized carbons (Fsp3) is 0.571. The van der Waals surface area contributed by atoms with E-state index in [2.05, 4.69) is 12.2 Å². The second-order valence-corrected chi connectivity index (χ2v) is 4.91. The summed E-state index contributed by atoms with van der Waals surface area (Å²) in [6, 6.07) is 4.31. The van der Waals surface area contributed by atoms with Crippen LogP contribution in [0.1, 0.15) is 43.4 Å². The molecule has 3 heteroatoms. The summed E-state index contributed by atoms with van der Waals surface area (Å²) >= 11 is 6.38. The molecule has 0 aliphatic heterocycles. The maximum absolute atomic E-state index is 6.38. The van der Waals surface area contributed by atoms with Gasteiger partial charge in [0, 0.05) is 16.6 Å². The molecular weight excluding hydrogens is 234 g/mol. The Morgan fingerprint density at radius 1 is 1.41 bits per heavy atom. The summed E-state index contributed by atoms with van der Waals surface area (Å²) in [6.07, 6.45) is 4.69. The first-order valence-corrected chi connectivity index (χ1v) is 6.74. The largest absolute Gasteiger partial charge is 0.496 e. The molecule has 0 aromatic heterocycles. The Morgan fingerprint density at radius 2 is 2.24 bits per heavy atom. The van der Waals surface area contributed by atoms with Crippen LogP contribution in [0.15, 0.2) is 12.1 Å². The van der Waals surface area contributed by atoms with E-state index < -0.39 is 0 Å². The second-order valence-electron chi connectivity index (χ2n) is 4.50. The van der Waals surface area contributed by atoms with Crippen molar-refractivity contribution in [1.82, 2.24) is 5.32 Å². The second kappa shape index (κ2) is 5.74. The molecule has 94 valence electrons. The summed E-state index contributed by atoms with van der Waals surface area (Å²) < 4.78 is 5.46. The van der Waals surface area contributed by atoms with Gasteiger partial charge in [0.15, 0.2) is 0 Å². The predicted octanol–water partition coefficient (Wildman–Crippen LogP) is 3.73. The first-order chi connectivity index (χ1) is 8.27. The van der Waals surface area contributed by atoms with E-state index >= 15 is 0 Å². The summed E-state index contributed by atoms with van der Waals surface area (Å²) in [5.41, 5.74) is 2.55. The van der Waals surface area contributed by atoms with E-state index in [-0.39, 0.29) is 0 Å². The number of benzene rings is 1. The lowest BCUT2D eigenvalue weighted by Gasteiger charge is -2.21. The number of rotatable bonds is 3. The van der Waals surface area contributed by atoms with Gasteiger partial charge in [-0.05, 0) is 43.5 Å². The molecule has 1 aromatic carbocycles. The average Bonchev–Trinajstić information content (AvgIpc) is 2.54. The zero-order valence-electron chi connectivity index (χ0n) is 10.6. The highest BCUT2D eigenvalue weighted by molar-refractivity contribution is 6.31. The number of fused-ring (bicyclic) bond motifs is 1. The fourth-order valence-corrected chi connectivity index (χ4v) is 3.00. The molecule has 0 bridgehead atoms.